The lowest BCUT2D eigenvalue weighted by atomic mass is 10.0. The van der Waals surface area contributed by atoms with Crippen LogP contribution in [0.1, 0.15) is 24.0 Å². The number of amides is 1. The van der Waals surface area contributed by atoms with Gasteiger partial charge < -0.3 is 4.90 Å². The normalized spacial score (nSPS) is 15.7. The van der Waals surface area contributed by atoms with Crippen molar-refractivity contribution in [2.24, 2.45) is 0 Å². The molecule has 2 aromatic rings. The number of carbonyl (C=O) groups is 1. The van der Waals surface area contributed by atoms with E-state index in [9.17, 15) is 9.18 Å². The molecule has 0 saturated carbocycles. The molecule has 0 radical (unpaired) electrons. The number of benzene rings is 2. The Kier molecular flexibility index (Phi) is 6.74. The Morgan fingerprint density at radius 2 is 1.70 bits per heavy atom. The Balaban J connectivity index is 1.49. The number of rotatable bonds is 5. The first-order valence-corrected chi connectivity index (χ1v) is 9.84. The van der Waals surface area contributed by atoms with E-state index in [0.717, 1.165) is 43.6 Å². The summed E-state index contributed by atoms with van der Waals surface area (Å²) in [5, 5.41) is 1.15. The van der Waals surface area contributed by atoms with E-state index < -0.39 is 0 Å². The van der Waals surface area contributed by atoms with E-state index in [1.54, 1.807) is 12.1 Å². The van der Waals surface area contributed by atoms with Crippen LogP contribution in [0.3, 0.4) is 0 Å². The summed E-state index contributed by atoms with van der Waals surface area (Å²) in [7, 11) is 1.87. The van der Waals surface area contributed by atoms with E-state index in [2.05, 4.69) is 4.90 Å². The van der Waals surface area contributed by atoms with Gasteiger partial charge in [0, 0.05) is 32.7 Å². The van der Waals surface area contributed by atoms with Crippen LogP contribution in [0.25, 0.3) is 0 Å². The molecule has 2 aromatic carbocycles. The van der Waals surface area contributed by atoms with Crippen LogP contribution in [-0.2, 0) is 17.8 Å². The SMILES string of the molecule is CN(C(=O)Cc1ccc(F)cc1)C1CCN(Cc2ccc(Cl)c(Cl)c2)CC1. The van der Waals surface area contributed by atoms with Crippen LogP contribution >= 0.6 is 23.2 Å². The van der Waals surface area contributed by atoms with E-state index in [4.69, 9.17) is 23.2 Å². The number of likely N-dealkylation sites (tertiary alicyclic amines) is 1. The molecule has 0 atom stereocenters. The minimum Gasteiger partial charge on any atom is -0.342 e. The number of hydrogen-bond acceptors (Lipinski definition) is 2. The molecule has 0 N–H and O–H groups in total. The first kappa shape index (κ1) is 20.1. The fourth-order valence-electron chi connectivity index (χ4n) is 3.47. The summed E-state index contributed by atoms with van der Waals surface area (Å²) in [4.78, 5) is 16.7. The highest BCUT2D eigenvalue weighted by molar-refractivity contribution is 6.42. The van der Waals surface area contributed by atoms with Gasteiger partial charge in [0.2, 0.25) is 5.91 Å². The highest BCUT2D eigenvalue weighted by Gasteiger charge is 2.25. The Hall–Kier alpha value is -1.62. The third-order valence-corrected chi connectivity index (χ3v) is 5.90. The predicted molar refractivity (Wildman–Crippen MR) is 108 cm³/mol. The van der Waals surface area contributed by atoms with Gasteiger partial charge in [-0.25, -0.2) is 4.39 Å². The van der Waals surface area contributed by atoms with Gasteiger partial charge in [0.15, 0.2) is 0 Å². The smallest absolute Gasteiger partial charge is 0.226 e. The number of hydrogen-bond donors (Lipinski definition) is 0. The van der Waals surface area contributed by atoms with Crippen molar-refractivity contribution in [2.45, 2.75) is 31.8 Å². The fraction of sp³-hybridized carbons (Fsp3) is 0.381. The monoisotopic (exact) mass is 408 g/mol. The lowest BCUT2D eigenvalue weighted by molar-refractivity contribution is -0.132. The molecule has 1 fully saturated rings. The quantitative estimate of drug-likeness (QED) is 0.709. The maximum Gasteiger partial charge on any atom is 0.226 e. The highest BCUT2D eigenvalue weighted by Crippen LogP contribution is 2.24. The summed E-state index contributed by atoms with van der Waals surface area (Å²) in [6, 6.07) is 12.1. The standard InChI is InChI=1S/C21H23Cl2FN2O/c1-25(21(27)13-15-2-5-17(24)6-3-15)18-8-10-26(11-9-18)14-16-4-7-19(22)20(23)12-16/h2-7,12,18H,8-11,13-14H2,1H3. The van der Waals surface area contributed by atoms with Gasteiger partial charge in [-0.2, -0.15) is 0 Å². The number of likely N-dealkylation sites (N-methyl/N-ethyl adjacent to an activating group) is 1. The van der Waals surface area contributed by atoms with E-state index in [-0.39, 0.29) is 17.8 Å². The van der Waals surface area contributed by atoms with Crippen LogP contribution in [0.5, 0.6) is 0 Å². The molecule has 1 aliphatic heterocycles. The molecule has 0 bridgehead atoms. The van der Waals surface area contributed by atoms with Crippen LogP contribution in [0.15, 0.2) is 42.5 Å². The molecule has 1 aliphatic rings. The van der Waals surface area contributed by atoms with Crippen molar-refractivity contribution < 1.29 is 9.18 Å². The van der Waals surface area contributed by atoms with Gasteiger partial charge >= 0.3 is 0 Å². The van der Waals surface area contributed by atoms with Crippen molar-refractivity contribution in [3.63, 3.8) is 0 Å². The van der Waals surface area contributed by atoms with Gasteiger partial charge in [-0.3, -0.25) is 9.69 Å². The molecule has 3 rings (SSSR count). The maximum atomic E-state index is 13.0. The lowest BCUT2D eigenvalue weighted by Crippen LogP contribution is -2.45. The van der Waals surface area contributed by atoms with Gasteiger partial charge in [0.05, 0.1) is 16.5 Å². The summed E-state index contributed by atoms with van der Waals surface area (Å²) >= 11 is 12.1. The van der Waals surface area contributed by atoms with E-state index in [0.29, 0.717) is 16.5 Å². The lowest BCUT2D eigenvalue weighted by Gasteiger charge is -2.37. The molecule has 0 aliphatic carbocycles. The molecule has 27 heavy (non-hydrogen) atoms. The van der Waals surface area contributed by atoms with Crippen LogP contribution in [0.2, 0.25) is 10.0 Å². The Labute approximate surface area is 169 Å². The largest absolute Gasteiger partial charge is 0.342 e. The number of halogens is 3. The maximum absolute atomic E-state index is 13.0. The van der Waals surface area contributed by atoms with Crippen molar-refractivity contribution in [2.75, 3.05) is 20.1 Å². The van der Waals surface area contributed by atoms with E-state index in [1.165, 1.54) is 12.1 Å². The summed E-state index contributed by atoms with van der Waals surface area (Å²) in [5.74, 6) is -0.210. The molecule has 0 spiro atoms. The molecule has 3 nitrogen and oxygen atoms in total. The second-order valence-corrected chi connectivity index (χ2v) is 7.88. The number of nitrogens with zero attached hydrogens (tertiary/aromatic N) is 2. The van der Waals surface area contributed by atoms with Gasteiger partial charge in [-0.15, -0.1) is 0 Å². The van der Waals surface area contributed by atoms with Gasteiger partial charge in [-0.1, -0.05) is 41.4 Å². The third-order valence-electron chi connectivity index (χ3n) is 5.16. The molecule has 144 valence electrons. The molecular weight excluding hydrogens is 386 g/mol. The molecule has 1 heterocycles. The molecule has 1 saturated heterocycles. The average molecular weight is 409 g/mol. The van der Waals surface area contributed by atoms with Crippen molar-refractivity contribution in [3.8, 4) is 0 Å². The molecule has 1 amide bonds. The predicted octanol–water partition coefficient (Wildman–Crippen LogP) is 4.80. The third kappa shape index (κ3) is 5.44. The Bertz CT molecular complexity index is 789. The highest BCUT2D eigenvalue weighted by atomic mass is 35.5. The van der Waals surface area contributed by atoms with Gasteiger partial charge in [-0.05, 0) is 48.2 Å². The zero-order chi connectivity index (χ0) is 19.4. The van der Waals surface area contributed by atoms with Crippen molar-refractivity contribution in [3.05, 3.63) is 69.5 Å². The first-order valence-electron chi connectivity index (χ1n) is 9.09. The fourth-order valence-corrected chi connectivity index (χ4v) is 3.79. The zero-order valence-corrected chi connectivity index (χ0v) is 16.8. The van der Waals surface area contributed by atoms with Crippen molar-refractivity contribution >= 4 is 29.1 Å². The van der Waals surface area contributed by atoms with Crippen LogP contribution in [0.4, 0.5) is 4.39 Å². The molecule has 0 aromatic heterocycles. The zero-order valence-electron chi connectivity index (χ0n) is 15.3. The van der Waals surface area contributed by atoms with Crippen molar-refractivity contribution in [1.29, 1.82) is 0 Å². The van der Waals surface area contributed by atoms with Crippen LogP contribution < -0.4 is 0 Å². The summed E-state index contributed by atoms with van der Waals surface area (Å²) in [6.07, 6.45) is 2.18. The molecule has 6 heteroatoms. The van der Waals surface area contributed by atoms with Crippen LogP contribution in [-0.4, -0.2) is 41.9 Å². The molecule has 0 unspecified atom stereocenters. The minimum atomic E-state index is -0.283. The summed E-state index contributed by atoms with van der Waals surface area (Å²) < 4.78 is 13.0. The second-order valence-electron chi connectivity index (χ2n) is 7.06. The Morgan fingerprint density at radius 3 is 2.33 bits per heavy atom. The second kappa shape index (κ2) is 9.05. The Morgan fingerprint density at radius 1 is 1.07 bits per heavy atom. The summed E-state index contributed by atoms with van der Waals surface area (Å²) in [5.41, 5.74) is 1.98. The van der Waals surface area contributed by atoms with Gasteiger partial charge in [0.1, 0.15) is 5.82 Å². The topological polar surface area (TPSA) is 23.6 Å². The average Bonchev–Trinajstić information content (AvgIpc) is 2.66. The molecular formula is C21H23Cl2FN2O. The minimum absolute atomic E-state index is 0.0736. The van der Waals surface area contributed by atoms with E-state index in [1.807, 2.05) is 30.1 Å². The van der Waals surface area contributed by atoms with Crippen LogP contribution in [0, 0.1) is 5.82 Å². The number of carbonyl (C=O) groups excluding carboxylic acids is 1. The van der Waals surface area contributed by atoms with E-state index >= 15 is 0 Å². The first-order chi connectivity index (χ1) is 12.9. The van der Waals surface area contributed by atoms with Gasteiger partial charge in [0.25, 0.3) is 0 Å². The number of piperidine rings is 1. The summed E-state index contributed by atoms with van der Waals surface area (Å²) in [6.45, 7) is 2.69. The van der Waals surface area contributed by atoms with Crippen molar-refractivity contribution in [1.82, 2.24) is 9.80 Å².